The van der Waals surface area contributed by atoms with Gasteiger partial charge in [-0.25, -0.2) is 0 Å². The fourth-order valence-corrected chi connectivity index (χ4v) is 1.30. The molecule has 58 valence electrons. The van der Waals surface area contributed by atoms with Crippen LogP contribution in [0.15, 0.2) is 0 Å². The molecular formula is C9H19B. The van der Waals surface area contributed by atoms with E-state index in [1.165, 1.54) is 0 Å². The van der Waals surface area contributed by atoms with Crippen molar-refractivity contribution in [1.82, 2.24) is 0 Å². The normalized spacial score (nSPS) is 14.3. The minimum absolute atomic E-state index is 0.220. The fraction of sp³-hybridized carbons (Fsp3) is 1.00. The zero-order valence-electron chi connectivity index (χ0n) is 8.15. The van der Waals surface area contributed by atoms with E-state index in [-0.39, 0.29) is 16.6 Å². The summed E-state index contributed by atoms with van der Waals surface area (Å²) in [5.41, 5.74) is 0.441. The van der Waals surface area contributed by atoms with E-state index in [1.807, 2.05) is 0 Å². The summed E-state index contributed by atoms with van der Waals surface area (Å²) in [6, 6.07) is 0. The minimum atomic E-state index is 0.220. The second kappa shape index (κ2) is 2.60. The molecule has 1 heteroatoms. The van der Waals surface area contributed by atoms with Crippen molar-refractivity contribution in [2.45, 2.75) is 47.4 Å². The van der Waals surface area contributed by atoms with Crippen molar-refractivity contribution < 1.29 is 0 Å². The second-order valence-electron chi connectivity index (χ2n) is 5.21. The number of rotatable bonds is 0. The van der Waals surface area contributed by atoms with E-state index in [0.29, 0.717) is 0 Å². The summed E-state index contributed by atoms with van der Waals surface area (Å²) in [5, 5.41) is 0. The molecule has 0 bridgehead atoms. The minimum Gasteiger partial charge on any atom is -0.0678 e. The predicted octanol–water partition coefficient (Wildman–Crippen LogP) is 3.04. The van der Waals surface area contributed by atoms with Crippen LogP contribution in [0.4, 0.5) is 0 Å². The van der Waals surface area contributed by atoms with Gasteiger partial charge in [0.2, 0.25) is 0 Å². The first-order valence-electron chi connectivity index (χ1n) is 3.91. The van der Waals surface area contributed by atoms with Crippen LogP contribution in [0.3, 0.4) is 0 Å². The first-order valence-corrected chi connectivity index (χ1v) is 3.91. The lowest BCUT2D eigenvalue weighted by Crippen LogP contribution is -2.27. The molecule has 0 aliphatic carbocycles. The molecule has 0 unspecified atom stereocenters. The van der Waals surface area contributed by atoms with Crippen LogP contribution in [0.5, 0.6) is 0 Å². The zero-order chi connectivity index (χ0) is 8.58. The lowest BCUT2D eigenvalue weighted by molar-refractivity contribution is 0.235. The Morgan fingerprint density at radius 3 is 1.00 bits per heavy atom. The van der Waals surface area contributed by atoms with Gasteiger partial charge in [0, 0.05) is 0 Å². The topological polar surface area (TPSA) is 0 Å². The third-order valence-electron chi connectivity index (χ3n) is 1.87. The molecule has 0 amide bonds. The Balaban J connectivity index is 4.23. The third-order valence-corrected chi connectivity index (χ3v) is 1.87. The summed E-state index contributed by atoms with van der Waals surface area (Å²) in [7, 11) is 6.03. The summed E-state index contributed by atoms with van der Waals surface area (Å²) in [6.45, 7) is 13.1. The Morgan fingerprint density at radius 1 is 0.800 bits per heavy atom. The summed E-state index contributed by atoms with van der Waals surface area (Å²) >= 11 is 0. The van der Waals surface area contributed by atoms with Gasteiger partial charge in [-0.05, 0) is 10.8 Å². The van der Waals surface area contributed by atoms with Crippen molar-refractivity contribution in [3.05, 3.63) is 0 Å². The maximum absolute atomic E-state index is 6.03. The van der Waals surface area contributed by atoms with Gasteiger partial charge in [-0.2, -0.15) is 0 Å². The van der Waals surface area contributed by atoms with Gasteiger partial charge in [-0.1, -0.05) is 47.4 Å². The van der Waals surface area contributed by atoms with Crippen LogP contribution in [0.1, 0.15) is 41.5 Å². The van der Waals surface area contributed by atoms with Gasteiger partial charge in [-0.3, -0.25) is 0 Å². The average molecular weight is 138 g/mol. The third kappa shape index (κ3) is 2.77. The van der Waals surface area contributed by atoms with Crippen molar-refractivity contribution in [1.29, 1.82) is 0 Å². The molecule has 0 aromatic rings. The van der Waals surface area contributed by atoms with E-state index in [2.05, 4.69) is 41.5 Å². The van der Waals surface area contributed by atoms with Crippen LogP contribution in [0.25, 0.3) is 0 Å². The summed E-state index contributed by atoms with van der Waals surface area (Å²) in [6.07, 6.45) is 0. The lowest BCUT2D eigenvalue weighted by atomic mass is 9.57. The van der Waals surface area contributed by atoms with Crippen LogP contribution in [-0.4, -0.2) is 7.85 Å². The van der Waals surface area contributed by atoms with Gasteiger partial charge in [0.25, 0.3) is 0 Å². The Labute approximate surface area is 66.8 Å². The van der Waals surface area contributed by atoms with E-state index >= 15 is 0 Å². The molecule has 0 aliphatic heterocycles. The highest BCUT2D eigenvalue weighted by atomic mass is 14.3. The monoisotopic (exact) mass is 138 g/mol. The molecule has 0 atom stereocenters. The van der Waals surface area contributed by atoms with Gasteiger partial charge in [0.05, 0.1) is 7.85 Å². The van der Waals surface area contributed by atoms with Gasteiger partial charge in [-0.15, -0.1) is 0 Å². The smallest absolute Gasteiger partial charge is 0.0678 e. The van der Waals surface area contributed by atoms with Crippen LogP contribution >= 0.6 is 0 Å². The zero-order valence-corrected chi connectivity index (χ0v) is 8.15. The first kappa shape index (κ1) is 10.1. The largest absolute Gasteiger partial charge is 0.0713 e. The fourth-order valence-electron chi connectivity index (χ4n) is 1.30. The summed E-state index contributed by atoms with van der Waals surface area (Å²) in [5.74, 6) is 0.264. The second-order valence-corrected chi connectivity index (χ2v) is 5.21. The molecule has 0 fully saturated rings. The van der Waals surface area contributed by atoms with Gasteiger partial charge < -0.3 is 0 Å². The molecule has 0 nitrogen and oxygen atoms in total. The maximum Gasteiger partial charge on any atom is 0.0713 e. The van der Waals surface area contributed by atoms with E-state index in [1.54, 1.807) is 0 Å². The van der Waals surface area contributed by atoms with Crippen molar-refractivity contribution in [2.75, 3.05) is 0 Å². The first-order chi connectivity index (χ1) is 4.15. The molecule has 0 aliphatic rings. The van der Waals surface area contributed by atoms with E-state index in [9.17, 15) is 0 Å². The van der Waals surface area contributed by atoms with Crippen LogP contribution in [0.2, 0.25) is 5.82 Å². The lowest BCUT2D eigenvalue weighted by Gasteiger charge is -2.38. The number of hydrogen-bond donors (Lipinski definition) is 0. The standard InChI is InChI=1S/C9H19B/c1-8(2,3)7(10)9(4,5)6/h7H,1-6H3. The van der Waals surface area contributed by atoms with Crippen molar-refractivity contribution in [3.8, 4) is 0 Å². The highest BCUT2D eigenvalue weighted by molar-refractivity contribution is 6.12. The molecular weight excluding hydrogens is 119 g/mol. The number of hydrogen-bond acceptors (Lipinski definition) is 0. The molecule has 0 aromatic heterocycles. The van der Waals surface area contributed by atoms with Gasteiger partial charge in [0.15, 0.2) is 0 Å². The highest BCUT2D eigenvalue weighted by Crippen LogP contribution is 2.42. The molecule has 2 radical (unpaired) electrons. The molecule has 10 heavy (non-hydrogen) atoms. The Bertz CT molecular complexity index is 88.9. The van der Waals surface area contributed by atoms with Crippen LogP contribution in [-0.2, 0) is 0 Å². The summed E-state index contributed by atoms with van der Waals surface area (Å²) in [4.78, 5) is 0. The molecule has 0 spiro atoms. The van der Waals surface area contributed by atoms with Crippen molar-refractivity contribution >= 4 is 7.85 Å². The molecule has 0 N–H and O–H groups in total. The van der Waals surface area contributed by atoms with Crippen LogP contribution in [0, 0.1) is 10.8 Å². The van der Waals surface area contributed by atoms with Crippen LogP contribution < -0.4 is 0 Å². The summed E-state index contributed by atoms with van der Waals surface area (Å²) < 4.78 is 0. The molecule has 0 aromatic carbocycles. The van der Waals surface area contributed by atoms with Crippen molar-refractivity contribution in [3.63, 3.8) is 0 Å². The Kier molecular flexibility index (Phi) is 2.61. The van der Waals surface area contributed by atoms with Crippen molar-refractivity contribution in [2.24, 2.45) is 10.8 Å². The maximum atomic E-state index is 6.03. The molecule has 0 heterocycles. The van der Waals surface area contributed by atoms with E-state index in [0.717, 1.165) is 0 Å². The SMILES string of the molecule is [B]C(C(C)(C)C)C(C)(C)C. The molecule has 0 saturated carbocycles. The van der Waals surface area contributed by atoms with E-state index in [4.69, 9.17) is 7.85 Å². The Morgan fingerprint density at radius 2 is 1.00 bits per heavy atom. The molecule has 0 saturated heterocycles. The predicted molar refractivity (Wildman–Crippen MR) is 48.4 cm³/mol. The molecule has 0 rings (SSSR count). The Hall–Kier alpha value is 0.0649. The average Bonchev–Trinajstić information content (AvgIpc) is 1.59. The van der Waals surface area contributed by atoms with Gasteiger partial charge >= 0.3 is 0 Å². The van der Waals surface area contributed by atoms with Gasteiger partial charge in [0.1, 0.15) is 0 Å². The highest BCUT2D eigenvalue weighted by Gasteiger charge is 2.29. The van der Waals surface area contributed by atoms with E-state index < -0.39 is 0 Å². The quantitative estimate of drug-likeness (QED) is 0.451.